The highest BCUT2D eigenvalue weighted by atomic mass is 16.4. The summed E-state index contributed by atoms with van der Waals surface area (Å²) in [7, 11) is 1.58. The Balaban J connectivity index is 2.60. The molecule has 2 amide bonds. The van der Waals surface area contributed by atoms with E-state index in [0.717, 1.165) is 19.3 Å². The van der Waals surface area contributed by atoms with Crippen LogP contribution in [0.15, 0.2) is 12.7 Å². The first kappa shape index (κ1) is 15.5. The third kappa shape index (κ3) is 4.24. The van der Waals surface area contributed by atoms with Gasteiger partial charge in [-0.3, -0.25) is 0 Å². The van der Waals surface area contributed by atoms with Crippen molar-refractivity contribution in [2.24, 2.45) is 0 Å². The van der Waals surface area contributed by atoms with Gasteiger partial charge in [0.05, 0.1) is 12.1 Å². The van der Waals surface area contributed by atoms with E-state index < -0.39 is 24.1 Å². The Kier molecular flexibility index (Phi) is 5.82. The number of aliphatic carboxylic acids is 1. The van der Waals surface area contributed by atoms with E-state index in [9.17, 15) is 14.7 Å². The van der Waals surface area contributed by atoms with Crippen molar-refractivity contribution >= 4 is 12.0 Å². The molecule has 0 aromatic carbocycles. The van der Waals surface area contributed by atoms with Gasteiger partial charge in [-0.15, -0.1) is 6.58 Å². The van der Waals surface area contributed by atoms with Crippen molar-refractivity contribution in [2.45, 2.75) is 50.3 Å². The minimum atomic E-state index is -1.09. The molecule has 0 bridgehead atoms. The van der Waals surface area contributed by atoms with Gasteiger partial charge >= 0.3 is 12.0 Å². The zero-order valence-electron chi connectivity index (χ0n) is 11.2. The lowest BCUT2D eigenvalue weighted by Gasteiger charge is -2.35. The van der Waals surface area contributed by atoms with Gasteiger partial charge in [-0.2, -0.15) is 0 Å². The largest absolute Gasteiger partial charge is 0.480 e. The number of carboxylic acid groups (broad SMARTS) is 1. The number of carbonyl (C=O) groups excluding carboxylic acids is 1. The van der Waals surface area contributed by atoms with Gasteiger partial charge in [0.25, 0.3) is 0 Å². The number of amides is 2. The minimum Gasteiger partial charge on any atom is -0.480 e. The maximum absolute atomic E-state index is 12.0. The lowest BCUT2D eigenvalue weighted by Crippen LogP contribution is -2.53. The Bertz CT molecular complexity index is 346. The summed E-state index contributed by atoms with van der Waals surface area (Å²) in [6.07, 6.45) is 4.43. The van der Waals surface area contributed by atoms with Gasteiger partial charge in [-0.25, -0.2) is 9.59 Å². The Morgan fingerprint density at radius 2 is 2.11 bits per heavy atom. The molecule has 1 rings (SSSR count). The van der Waals surface area contributed by atoms with Gasteiger partial charge in [0, 0.05) is 7.05 Å². The van der Waals surface area contributed by atoms with Gasteiger partial charge in [0.15, 0.2) is 0 Å². The van der Waals surface area contributed by atoms with Gasteiger partial charge in [-0.1, -0.05) is 18.9 Å². The summed E-state index contributed by atoms with van der Waals surface area (Å²) in [5, 5.41) is 21.3. The van der Waals surface area contributed by atoms with E-state index in [1.807, 2.05) is 0 Å². The van der Waals surface area contributed by atoms with Crippen LogP contribution < -0.4 is 5.32 Å². The number of carbonyl (C=O) groups is 2. The summed E-state index contributed by atoms with van der Waals surface area (Å²) in [4.78, 5) is 24.3. The number of rotatable bonds is 5. The van der Waals surface area contributed by atoms with Crippen LogP contribution in [0.5, 0.6) is 0 Å². The van der Waals surface area contributed by atoms with Crippen molar-refractivity contribution in [3.05, 3.63) is 12.7 Å². The molecule has 3 unspecified atom stereocenters. The number of hydrogen-bond acceptors (Lipinski definition) is 3. The first-order valence-corrected chi connectivity index (χ1v) is 6.52. The number of nitrogens with one attached hydrogen (secondary N) is 1. The molecular formula is C13H22N2O4. The van der Waals surface area contributed by atoms with Crippen LogP contribution in [0.2, 0.25) is 0 Å². The number of urea groups is 1. The highest BCUT2D eigenvalue weighted by Gasteiger charge is 2.30. The van der Waals surface area contributed by atoms with Crippen molar-refractivity contribution in [3.8, 4) is 0 Å². The maximum atomic E-state index is 12.0. The Morgan fingerprint density at radius 1 is 1.47 bits per heavy atom. The van der Waals surface area contributed by atoms with Crippen LogP contribution in [0.4, 0.5) is 4.79 Å². The molecule has 0 radical (unpaired) electrons. The molecule has 0 spiro atoms. The molecule has 3 atom stereocenters. The molecule has 0 aliphatic heterocycles. The van der Waals surface area contributed by atoms with E-state index in [4.69, 9.17) is 5.11 Å². The second-order valence-electron chi connectivity index (χ2n) is 4.89. The second-order valence-corrected chi connectivity index (χ2v) is 4.89. The first-order chi connectivity index (χ1) is 8.97. The molecule has 1 saturated carbocycles. The first-order valence-electron chi connectivity index (χ1n) is 6.52. The Hall–Kier alpha value is -1.56. The van der Waals surface area contributed by atoms with Gasteiger partial charge in [-0.05, 0) is 19.3 Å². The fraction of sp³-hybridized carbons (Fsp3) is 0.692. The van der Waals surface area contributed by atoms with Gasteiger partial charge in [0.1, 0.15) is 6.04 Å². The molecular weight excluding hydrogens is 248 g/mol. The van der Waals surface area contributed by atoms with Crippen molar-refractivity contribution in [1.29, 1.82) is 0 Å². The normalized spacial score (nSPS) is 24.3. The third-order valence-corrected chi connectivity index (χ3v) is 3.51. The lowest BCUT2D eigenvalue weighted by atomic mass is 9.92. The van der Waals surface area contributed by atoms with E-state index in [2.05, 4.69) is 11.9 Å². The van der Waals surface area contributed by atoms with Crippen LogP contribution >= 0.6 is 0 Å². The average molecular weight is 270 g/mol. The maximum Gasteiger partial charge on any atom is 0.326 e. The summed E-state index contributed by atoms with van der Waals surface area (Å²) in [5.41, 5.74) is 0. The fourth-order valence-electron chi connectivity index (χ4n) is 2.33. The molecule has 1 aliphatic carbocycles. The molecule has 1 fully saturated rings. The predicted molar refractivity (Wildman–Crippen MR) is 70.8 cm³/mol. The molecule has 0 aromatic heterocycles. The third-order valence-electron chi connectivity index (χ3n) is 3.51. The number of carboxylic acids is 1. The number of nitrogens with zero attached hydrogens (tertiary/aromatic N) is 1. The molecule has 3 N–H and O–H groups in total. The second kappa shape index (κ2) is 7.13. The van der Waals surface area contributed by atoms with Gasteiger partial charge in [0.2, 0.25) is 0 Å². The smallest absolute Gasteiger partial charge is 0.326 e. The molecule has 1 aliphatic rings. The molecule has 0 heterocycles. The van der Waals surface area contributed by atoms with E-state index >= 15 is 0 Å². The van der Waals surface area contributed by atoms with Crippen LogP contribution in [0.1, 0.15) is 32.1 Å². The van der Waals surface area contributed by atoms with E-state index in [-0.39, 0.29) is 12.5 Å². The summed E-state index contributed by atoms with van der Waals surface area (Å²) < 4.78 is 0. The van der Waals surface area contributed by atoms with E-state index in [1.54, 1.807) is 7.05 Å². The number of aliphatic hydroxyl groups excluding tert-OH is 1. The average Bonchev–Trinajstić information content (AvgIpc) is 2.37. The summed E-state index contributed by atoms with van der Waals surface area (Å²) in [6.45, 7) is 3.47. The van der Waals surface area contributed by atoms with Crippen LogP contribution in [0.25, 0.3) is 0 Å². The van der Waals surface area contributed by atoms with Crippen LogP contribution in [0.3, 0.4) is 0 Å². The van der Waals surface area contributed by atoms with Crippen LogP contribution in [0, 0.1) is 0 Å². The Morgan fingerprint density at radius 3 is 2.63 bits per heavy atom. The molecule has 6 heteroatoms. The lowest BCUT2D eigenvalue weighted by molar-refractivity contribution is -0.139. The van der Waals surface area contributed by atoms with Crippen molar-refractivity contribution in [2.75, 3.05) is 7.05 Å². The topological polar surface area (TPSA) is 89.9 Å². The summed E-state index contributed by atoms with van der Waals surface area (Å²) >= 11 is 0. The van der Waals surface area contributed by atoms with Gasteiger partial charge < -0.3 is 20.4 Å². The van der Waals surface area contributed by atoms with Crippen molar-refractivity contribution in [1.82, 2.24) is 10.2 Å². The van der Waals surface area contributed by atoms with Crippen LogP contribution in [-0.2, 0) is 4.79 Å². The zero-order chi connectivity index (χ0) is 14.4. The molecule has 108 valence electrons. The number of aliphatic hydroxyl groups is 1. The molecule has 6 nitrogen and oxygen atoms in total. The number of hydrogen-bond donors (Lipinski definition) is 3. The standard InChI is InChI=1S/C13H22N2O4/c1-3-6-9(12(17)18)14-13(19)15(2)10-7-4-5-8-11(10)16/h3,9-11,16H,1,4-8H2,2H3,(H,14,19)(H,17,18). The van der Waals surface area contributed by atoms with Crippen LogP contribution in [-0.4, -0.2) is 52.3 Å². The SMILES string of the molecule is C=CCC(NC(=O)N(C)C1CCCCC1O)C(=O)O. The van der Waals surface area contributed by atoms with Crippen molar-refractivity contribution in [3.63, 3.8) is 0 Å². The van der Waals surface area contributed by atoms with E-state index in [1.165, 1.54) is 11.0 Å². The molecule has 0 saturated heterocycles. The van der Waals surface area contributed by atoms with E-state index in [0.29, 0.717) is 6.42 Å². The monoisotopic (exact) mass is 270 g/mol. The summed E-state index contributed by atoms with van der Waals surface area (Å²) in [5.74, 6) is -1.09. The van der Waals surface area contributed by atoms with Crippen molar-refractivity contribution < 1.29 is 19.8 Å². The minimum absolute atomic E-state index is 0.169. The Labute approximate surface area is 113 Å². The molecule has 0 aromatic rings. The number of likely N-dealkylation sites (N-methyl/N-ethyl adjacent to an activating group) is 1. The highest BCUT2D eigenvalue weighted by molar-refractivity contribution is 5.82. The summed E-state index contributed by atoms with van der Waals surface area (Å²) in [6, 6.07) is -1.69. The predicted octanol–water partition coefficient (Wildman–Crippen LogP) is 0.961. The zero-order valence-corrected chi connectivity index (χ0v) is 11.2. The molecule has 19 heavy (non-hydrogen) atoms. The quantitative estimate of drug-likeness (QED) is 0.649. The highest BCUT2D eigenvalue weighted by Crippen LogP contribution is 2.22. The fourth-order valence-corrected chi connectivity index (χ4v) is 2.33.